The van der Waals surface area contributed by atoms with Crippen molar-refractivity contribution in [3.8, 4) is 0 Å². The molecule has 0 aromatic carbocycles. The van der Waals surface area contributed by atoms with Gasteiger partial charge in [-0.25, -0.2) is 0 Å². The van der Waals surface area contributed by atoms with Crippen LogP contribution in [0.4, 0.5) is 0 Å². The molecule has 0 fully saturated rings. The fraction of sp³-hybridized carbons (Fsp3) is 0.556. The molecule has 1 aromatic rings. The van der Waals surface area contributed by atoms with Gasteiger partial charge in [0.15, 0.2) is 0 Å². The first-order valence-corrected chi connectivity index (χ1v) is 4.13. The maximum atomic E-state index is 5.61. The molecule has 0 bridgehead atoms. The van der Waals surface area contributed by atoms with E-state index in [0.29, 0.717) is 12.6 Å². The van der Waals surface area contributed by atoms with E-state index in [1.807, 2.05) is 26.2 Å². The van der Waals surface area contributed by atoms with Gasteiger partial charge in [-0.2, -0.15) is 0 Å². The maximum Gasteiger partial charge on any atom is 0.105 e. The van der Waals surface area contributed by atoms with Crippen LogP contribution in [0.1, 0.15) is 5.76 Å². The summed E-state index contributed by atoms with van der Waals surface area (Å²) in [6.45, 7) is 0.660. The quantitative estimate of drug-likeness (QED) is 0.720. The summed E-state index contributed by atoms with van der Waals surface area (Å²) in [6.07, 6.45) is 2.58. The number of hydrogen-bond donors (Lipinski definition) is 1. The zero-order valence-corrected chi connectivity index (χ0v) is 7.66. The normalized spacial score (nSPS) is 13.7. The lowest BCUT2D eigenvalue weighted by Crippen LogP contribution is -2.36. The third kappa shape index (κ3) is 2.36. The maximum absolute atomic E-state index is 5.61. The molecule has 0 aliphatic heterocycles. The predicted octanol–water partition coefficient (Wildman–Crippen LogP) is 0.711. The number of nitrogens with two attached hydrogens (primary N) is 1. The highest BCUT2D eigenvalue weighted by atomic mass is 16.3. The Labute approximate surface area is 73.2 Å². The van der Waals surface area contributed by atoms with E-state index in [-0.39, 0.29) is 0 Å². The van der Waals surface area contributed by atoms with Crippen molar-refractivity contribution in [2.45, 2.75) is 12.5 Å². The van der Waals surface area contributed by atoms with Gasteiger partial charge in [-0.1, -0.05) is 0 Å². The average molecular weight is 168 g/mol. The molecule has 0 saturated heterocycles. The van der Waals surface area contributed by atoms with Gasteiger partial charge in [0, 0.05) is 19.0 Å². The number of hydrogen-bond acceptors (Lipinski definition) is 3. The van der Waals surface area contributed by atoms with Crippen molar-refractivity contribution in [2.75, 3.05) is 20.6 Å². The van der Waals surface area contributed by atoms with Crippen LogP contribution in [0.2, 0.25) is 0 Å². The molecule has 1 unspecified atom stereocenters. The molecule has 0 spiro atoms. The molecule has 2 N–H and O–H groups in total. The number of rotatable bonds is 4. The van der Waals surface area contributed by atoms with E-state index >= 15 is 0 Å². The summed E-state index contributed by atoms with van der Waals surface area (Å²) in [5, 5.41) is 0. The van der Waals surface area contributed by atoms with Crippen LogP contribution in [0, 0.1) is 0 Å². The lowest BCUT2D eigenvalue weighted by atomic mass is 10.1. The number of furan rings is 1. The molecule has 1 atom stereocenters. The fourth-order valence-electron chi connectivity index (χ4n) is 1.14. The predicted molar refractivity (Wildman–Crippen MR) is 48.9 cm³/mol. The van der Waals surface area contributed by atoms with Gasteiger partial charge in [-0.15, -0.1) is 0 Å². The first-order valence-electron chi connectivity index (χ1n) is 4.13. The lowest BCUT2D eigenvalue weighted by molar-refractivity contribution is 0.284. The van der Waals surface area contributed by atoms with E-state index in [4.69, 9.17) is 10.2 Å². The minimum absolute atomic E-state index is 0.371. The van der Waals surface area contributed by atoms with Gasteiger partial charge in [0.25, 0.3) is 0 Å². The molecule has 0 aliphatic carbocycles. The molecule has 0 radical (unpaired) electrons. The largest absolute Gasteiger partial charge is 0.469 e. The second-order valence-corrected chi connectivity index (χ2v) is 3.14. The van der Waals surface area contributed by atoms with Crippen molar-refractivity contribution < 1.29 is 4.42 Å². The molecule has 12 heavy (non-hydrogen) atoms. The van der Waals surface area contributed by atoms with Crippen LogP contribution < -0.4 is 5.73 Å². The average Bonchev–Trinajstić information content (AvgIpc) is 2.51. The molecule has 3 nitrogen and oxygen atoms in total. The minimum Gasteiger partial charge on any atom is -0.469 e. The van der Waals surface area contributed by atoms with Crippen LogP contribution in [0.3, 0.4) is 0 Å². The third-order valence-electron chi connectivity index (χ3n) is 2.02. The number of likely N-dealkylation sites (N-methyl/N-ethyl adjacent to an activating group) is 1. The molecule has 3 heteroatoms. The minimum atomic E-state index is 0.371. The second kappa shape index (κ2) is 4.28. The first-order chi connectivity index (χ1) is 5.74. The van der Waals surface area contributed by atoms with Crippen molar-refractivity contribution in [3.63, 3.8) is 0 Å². The van der Waals surface area contributed by atoms with Crippen LogP contribution in [-0.2, 0) is 6.42 Å². The summed E-state index contributed by atoms with van der Waals surface area (Å²) in [5.41, 5.74) is 5.61. The van der Waals surface area contributed by atoms with Gasteiger partial charge in [0.1, 0.15) is 5.76 Å². The van der Waals surface area contributed by atoms with E-state index in [1.54, 1.807) is 6.26 Å². The molecule has 1 rings (SSSR count). The van der Waals surface area contributed by atoms with Crippen LogP contribution in [0.5, 0.6) is 0 Å². The van der Waals surface area contributed by atoms with Crippen LogP contribution in [0.25, 0.3) is 0 Å². The molecule has 1 aromatic heterocycles. The van der Waals surface area contributed by atoms with Gasteiger partial charge >= 0.3 is 0 Å². The Hall–Kier alpha value is -0.800. The highest BCUT2D eigenvalue weighted by molar-refractivity contribution is 5.00. The van der Waals surface area contributed by atoms with E-state index < -0.39 is 0 Å². The molecule has 0 amide bonds. The molecular formula is C9H16N2O. The summed E-state index contributed by atoms with van der Waals surface area (Å²) in [4.78, 5) is 2.11. The Morgan fingerprint density at radius 1 is 1.58 bits per heavy atom. The standard InChI is InChI=1S/C9H16N2O/c1-11(2)8(7-10)6-9-4-3-5-12-9/h3-5,8H,6-7,10H2,1-2H3. The highest BCUT2D eigenvalue weighted by Gasteiger charge is 2.10. The zero-order chi connectivity index (χ0) is 8.97. The van der Waals surface area contributed by atoms with Crippen molar-refractivity contribution in [1.82, 2.24) is 4.90 Å². The fourth-order valence-corrected chi connectivity index (χ4v) is 1.14. The first kappa shape index (κ1) is 9.29. The van der Waals surface area contributed by atoms with E-state index in [9.17, 15) is 0 Å². The monoisotopic (exact) mass is 168 g/mol. The Kier molecular flexibility index (Phi) is 3.31. The van der Waals surface area contributed by atoms with Crippen LogP contribution in [-0.4, -0.2) is 31.6 Å². The summed E-state index contributed by atoms with van der Waals surface area (Å²) in [6, 6.07) is 4.25. The van der Waals surface area contributed by atoms with Crippen molar-refractivity contribution >= 4 is 0 Å². The summed E-state index contributed by atoms with van der Waals surface area (Å²) in [7, 11) is 4.06. The van der Waals surface area contributed by atoms with Gasteiger partial charge < -0.3 is 15.1 Å². The Morgan fingerprint density at radius 2 is 2.33 bits per heavy atom. The molecule has 68 valence electrons. The van der Waals surface area contributed by atoms with Crippen LogP contribution >= 0.6 is 0 Å². The van der Waals surface area contributed by atoms with Gasteiger partial charge in [-0.05, 0) is 26.2 Å². The summed E-state index contributed by atoms with van der Waals surface area (Å²) in [5.74, 6) is 0.999. The number of nitrogens with zero attached hydrogens (tertiary/aromatic N) is 1. The lowest BCUT2D eigenvalue weighted by Gasteiger charge is -2.21. The van der Waals surface area contributed by atoms with E-state index in [2.05, 4.69) is 4.90 Å². The smallest absolute Gasteiger partial charge is 0.105 e. The molecule has 0 aliphatic rings. The molecule has 0 saturated carbocycles. The zero-order valence-electron chi connectivity index (χ0n) is 7.66. The SMILES string of the molecule is CN(C)C(CN)Cc1ccco1. The Morgan fingerprint density at radius 3 is 2.75 bits per heavy atom. The van der Waals surface area contributed by atoms with Crippen molar-refractivity contribution in [1.29, 1.82) is 0 Å². The van der Waals surface area contributed by atoms with Gasteiger partial charge in [-0.3, -0.25) is 0 Å². The third-order valence-corrected chi connectivity index (χ3v) is 2.02. The van der Waals surface area contributed by atoms with Gasteiger partial charge in [0.05, 0.1) is 6.26 Å². The molecular weight excluding hydrogens is 152 g/mol. The molecule has 1 heterocycles. The van der Waals surface area contributed by atoms with Crippen molar-refractivity contribution in [2.24, 2.45) is 5.73 Å². The Bertz CT molecular complexity index is 206. The van der Waals surface area contributed by atoms with E-state index in [1.165, 1.54) is 0 Å². The Balaban J connectivity index is 2.48. The topological polar surface area (TPSA) is 42.4 Å². The summed E-state index contributed by atoms with van der Waals surface area (Å²) >= 11 is 0. The van der Waals surface area contributed by atoms with Crippen LogP contribution in [0.15, 0.2) is 22.8 Å². The second-order valence-electron chi connectivity index (χ2n) is 3.14. The van der Waals surface area contributed by atoms with E-state index in [0.717, 1.165) is 12.2 Å². The highest BCUT2D eigenvalue weighted by Crippen LogP contribution is 2.06. The van der Waals surface area contributed by atoms with Crippen molar-refractivity contribution in [3.05, 3.63) is 24.2 Å². The van der Waals surface area contributed by atoms with Gasteiger partial charge in [0.2, 0.25) is 0 Å². The summed E-state index contributed by atoms with van der Waals surface area (Å²) < 4.78 is 5.23.